The molecule has 25 heavy (non-hydrogen) atoms. The zero-order valence-corrected chi connectivity index (χ0v) is 19.6. The van der Waals surface area contributed by atoms with Crippen molar-refractivity contribution in [3.05, 3.63) is 53.3 Å². The Bertz CT molecular complexity index is 697. The predicted molar refractivity (Wildman–Crippen MR) is 103 cm³/mol. The minimum Gasteiger partial charge on any atom is -0.491 e. The molecule has 0 amide bonds. The standard InChI is InChI=1S/C17H22N2O2.C2H6.CH3.Y/c1-5-14-16(21-7-3)15(17(20)19(6-2)18-14)13-11-9-8-10-12(13)4;1-2;;/h8-11H,5-7H2,1-4H3;1-2H3;1H3;/q;;-1;. The average molecular weight is 420 g/mol. The third-order valence-corrected chi connectivity index (χ3v) is 3.52. The van der Waals surface area contributed by atoms with Crippen LogP contribution in [0.2, 0.25) is 0 Å². The summed E-state index contributed by atoms with van der Waals surface area (Å²) in [5.74, 6) is 0.629. The van der Waals surface area contributed by atoms with Crippen LogP contribution < -0.4 is 10.3 Å². The van der Waals surface area contributed by atoms with E-state index < -0.39 is 0 Å². The number of benzene rings is 1. The van der Waals surface area contributed by atoms with Crippen LogP contribution in [0.25, 0.3) is 11.1 Å². The molecule has 0 bridgehead atoms. The fraction of sp³-hybridized carbons (Fsp3) is 0.450. The van der Waals surface area contributed by atoms with E-state index in [1.165, 1.54) is 4.68 Å². The summed E-state index contributed by atoms with van der Waals surface area (Å²) in [4.78, 5) is 12.7. The molecule has 1 radical (unpaired) electrons. The third-order valence-electron chi connectivity index (χ3n) is 3.52. The predicted octanol–water partition coefficient (Wildman–Crippen LogP) is 4.67. The van der Waals surface area contributed by atoms with Crippen molar-refractivity contribution in [3.8, 4) is 16.9 Å². The van der Waals surface area contributed by atoms with Gasteiger partial charge in [-0.15, -0.1) is 0 Å². The molecular formula is C20H31N2O2Y-. The normalized spacial score (nSPS) is 9.20. The molecule has 0 unspecified atom stereocenters. The summed E-state index contributed by atoms with van der Waals surface area (Å²) in [6.07, 6.45) is 0.731. The summed E-state index contributed by atoms with van der Waals surface area (Å²) in [5.41, 5.74) is 3.35. The van der Waals surface area contributed by atoms with Gasteiger partial charge in [0.05, 0.1) is 12.2 Å². The monoisotopic (exact) mass is 420 g/mol. The molecule has 2 rings (SSSR count). The largest absolute Gasteiger partial charge is 0.491 e. The molecule has 0 N–H and O–H groups in total. The number of rotatable bonds is 5. The number of aromatic nitrogens is 2. The summed E-state index contributed by atoms with van der Waals surface area (Å²) in [6, 6.07) is 7.89. The van der Waals surface area contributed by atoms with Crippen LogP contribution in [-0.4, -0.2) is 16.4 Å². The minimum absolute atomic E-state index is 0. The number of ether oxygens (including phenoxy) is 1. The molecule has 0 spiro atoms. The van der Waals surface area contributed by atoms with Gasteiger partial charge in [0, 0.05) is 39.3 Å². The summed E-state index contributed by atoms with van der Waals surface area (Å²) in [5, 5.41) is 4.42. The Morgan fingerprint density at radius 1 is 1.12 bits per heavy atom. The first kappa shape index (κ1) is 26.2. The SMILES string of the molecule is CC.CCOc1c(CC)nn(CC)c(=O)c1-c1ccccc1C.[CH3-].[Y]. The Balaban J connectivity index is 0. The van der Waals surface area contributed by atoms with Crippen molar-refractivity contribution < 1.29 is 37.4 Å². The van der Waals surface area contributed by atoms with Crippen LogP contribution in [0.4, 0.5) is 0 Å². The van der Waals surface area contributed by atoms with Crippen LogP contribution in [0.3, 0.4) is 0 Å². The van der Waals surface area contributed by atoms with Crippen molar-refractivity contribution in [3.63, 3.8) is 0 Å². The molecule has 1 heterocycles. The van der Waals surface area contributed by atoms with E-state index in [-0.39, 0.29) is 45.7 Å². The van der Waals surface area contributed by atoms with Crippen LogP contribution in [0.5, 0.6) is 5.75 Å². The van der Waals surface area contributed by atoms with Crippen molar-refractivity contribution in [2.24, 2.45) is 0 Å². The molecule has 0 aliphatic rings. The van der Waals surface area contributed by atoms with E-state index in [1.807, 2.05) is 65.8 Å². The molecule has 2 aromatic rings. The van der Waals surface area contributed by atoms with Crippen LogP contribution in [-0.2, 0) is 45.7 Å². The Morgan fingerprint density at radius 2 is 1.72 bits per heavy atom. The first-order valence-electron chi connectivity index (χ1n) is 8.46. The molecule has 4 nitrogen and oxygen atoms in total. The first-order valence-corrected chi connectivity index (χ1v) is 8.46. The maximum atomic E-state index is 12.7. The van der Waals surface area contributed by atoms with Crippen LogP contribution >= 0.6 is 0 Å². The van der Waals surface area contributed by atoms with Gasteiger partial charge in [0.1, 0.15) is 5.69 Å². The topological polar surface area (TPSA) is 44.1 Å². The van der Waals surface area contributed by atoms with Crippen molar-refractivity contribution in [2.45, 2.75) is 54.5 Å². The maximum absolute atomic E-state index is 12.7. The van der Waals surface area contributed by atoms with Gasteiger partial charge in [-0.05, 0) is 38.3 Å². The Morgan fingerprint density at radius 3 is 2.20 bits per heavy atom. The average Bonchev–Trinajstić information content (AvgIpc) is 2.58. The molecule has 0 saturated carbocycles. The summed E-state index contributed by atoms with van der Waals surface area (Å²) in [6.45, 7) is 13.0. The molecule has 0 aliphatic heterocycles. The van der Waals surface area contributed by atoms with E-state index in [4.69, 9.17) is 4.74 Å². The second-order valence-corrected chi connectivity index (χ2v) is 4.87. The van der Waals surface area contributed by atoms with Crippen molar-refractivity contribution >= 4 is 0 Å². The van der Waals surface area contributed by atoms with Crippen molar-refractivity contribution in [2.75, 3.05) is 6.61 Å². The van der Waals surface area contributed by atoms with Crippen molar-refractivity contribution in [1.29, 1.82) is 0 Å². The number of aryl methyl sites for hydroxylation is 3. The van der Waals surface area contributed by atoms with E-state index in [0.717, 1.165) is 23.2 Å². The van der Waals surface area contributed by atoms with Crippen LogP contribution in [0.1, 0.15) is 45.9 Å². The van der Waals surface area contributed by atoms with E-state index in [2.05, 4.69) is 5.10 Å². The quantitative estimate of drug-likeness (QED) is 0.661. The minimum atomic E-state index is -0.0903. The molecule has 1 aromatic heterocycles. The molecule has 5 heteroatoms. The summed E-state index contributed by atoms with van der Waals surface area (Å²) >= 11 is 0. The fourth-order valence-corrected chi connectivity index (χ4v) is 2.44. The Kier molecular flexibility index (Phi) is 13.9. The van der Waals surface area contributed by atoms with E-state index in [0.29, 0.717) is 24.5 Å². The van der Waals surface area contributed by atoms with E-state index in [9.17, 15) is 4.79 Å². The van der Waals surface area contributed by atoms with Gasteiger partial charge in [0.25, 0.3) is 5.56 Å². The first-order chi connectivity index (χ1) is 11.1. The Hall–Kier alpha value is -0.996. The fourth-order valence-electron chi connectivity index (χ4n) is 2.44. The van der Waals surface area contributed by atoms with Crippen LogP contribution in [0.15, 0.2) is 29.1 Å². The van der Waals surface area contributed by atoms with Gasteiger partial charge in [-0.2, -0.15) is 5.10 Å². The number of nitrogens with zero attached hydrogens (tertiary/aromatic N) is 2. The maximum Gasteiger partial charge on any atom is 0.278 e. The van der Waals surface area contributed by atoms with Crippen molar-refractivity contribution in [1.82, 2.24) is 9.78 Å². The zero-order valence-electron chi connectivity index (χ0n) is 16.7. The van der Waals surface area contributed by atoms with E-state index in [1.54, 1.807) is 0 Å². The van der Waals surface area contributed by atoms with Gasteiger partial charge >= 0.3 is 0 Å². The molecular weight excluding hydrogens is 389 g/mol. The van der Waals surface area contributed by atoms with Gasteiger partial charge in [0.2, 0.25) is 0 Å². The zero-order chi connectivity index (χ0) is 17.4. The second-order valence-electron chi connectivity index (χ2n) is 4.87. The van der Waals surface area contributed by atoms with Gasteiger partial charge in [-0.3, -0.25) is 4.79 Å². The number of hydrogen-bond acceptors (Lipinski definition) is 3. The molecule has 137 valence electrons. The molecule has 0 saturated heterocycles. The molecule has 1 aromatic carbocycles. The van der Waals surface area contributed by atoms with Gasteiger partial charge in [-0.25, -0.2) is 4.68 Å². The Labute approximate surface area is 177 Å². The van der Waals surface area contributed by atoms with Gasteiger partial charge < -0.3 is 12.2 Å². The van der Waals surface area contributed by atoms with Crippen LogP contribution in [0, 0.1) is 14.4 Å². The second kappa shape index (κ2) is 13.2. The molecule has 0 aliphatic carbocycles. The van der Waals surface area contributed by atoms with Gasteiger partial charge in [-0.1, -0.05) is 45.0 Å². The van der Waals surface area contributed by atoms with Gasteiger partial charge in [0.15, 0.2) is 5.75 Å². The summed E-state index contributed by atoms with van der Waals surface area (Å²) < 4.78 is 7.29. The summed E-state index contributed by atoms with van der Waals surface area (Å²) in [7, 11) is 0. The molecule has 0 atom stereocenters. The van der Waals surface area contributed by atoms with E-state index >= 15 is 0 Å². The molecule has 0 fully saturated rings. The third kappa shape index (κ3) is 6.04. The smallest absolute Gasteiger partial charge is 0.278 e. The number of hydrogen-bond donors (Lipinski definition) is 0.